The Morgan fingerprint density at radius 3 is 1.39 bits per heavy atom. The number of fused-ring (bicyclic) bond motifs is 2. The topological polar surface area (TPSA) is 175 Å². The molecule has 14 nitrogen and oxygen atoms in total. The third kappa shape index (κ3) is 10.7. The number of aromatic hydroxyl groups is 2. The molecule has 0 unspecified atom stereocenters. The van der Waals surface area contributed by atoms with Crippen molar-refractivity contribution in [1.82, 2.24) is 30.6 Å². The molecule has 0 saturated carbocycles. The molecule has 0 aliphatic carbocycles. The van der Waals surface area contributed by atoms with Crippen LogP contribution in [0.3, 0.4) is 0 Å². The number of carbonyl (C=O) groups excluding carboxylic acids is 2. The Hall–Kier alpha value is -6.41. The molecule has 2 aliphatic rings. The number of aromatic nitrogens is 4. The van der Waals surface area contributed by atoms with Crippen LogP contribution >= 0.6 is 12.4 Å². The maximum Gasteiger partial charge on any atom is 0.407 e. The van der Waals surface area contributed by atoms with Crippen LogP contribution in [-0.4, -0.2) is 92.8 Å². The van der Waals surface area contributed by atoms with E-state index in [-0.39, 0.29) is 48.2 Å². The van der Waals surface area contributed by atoms with Crippen LogP contribution in [0, 0.1) is 13.8 Å². The quantitative estimate of drug-likeness (QED) is 0.115. The first-order valence-corrected chi connectivity index (χ1v) is 20.4. The lowest BCUT2D eigenvalue weighted by atomic mass is 10.1. The zero-order valence-electron chi connectivity index (χ0n) is 35.3. The summed E-state index contributed by atoms with van der Waals surface area (Å²) in [5.41, 5.74) is 5.05. The van der Waals surface area contributed by atoms with Crippen molar-refractivity contribution in [2.45, 2.75) is 78.7 Å². The average Bonchev–Trinajstić information content (AvgIpc) is 3.86. The van der Waals surface area contributed by atoms with Crippen LogP contribution in [0.2, 0.25) is 0 Å². The highest BCUT2D eigenvalue weighted by Gasteiger charge is 2.29. The van der Waals surface area contributed by atoms with E-state index in [1.165, 1.54) is 0 Å². The lowest BCUT2D eigenvalue weighted by Gasteiger charge is -2.21. The fraction of sp³-hybridized carbons (Fsp3) is 0.348. The minimum atomic E-state index is -0.394. The number of phenolic OH excluding ortho intramolecular Hbond substituents is 2. The van der Waals surface area contributed by atoms with Gasteiger partial charge in [-0.2, -0.15) is 0 Å². The van der Waals surface area contributed by atoms with Crippen molar-refractivity contribution in [2.24, 2.45) is 0 Å². The molecule has 2 fully saturated rings. The molecule has 0 bridgehead atoms. The maximum absolute atomic E-state index is 12.0. The number of hydrogen-bond donors (Lipinski definition) is 4. The first-order chi connectivity index (χ1) is 28.8. The second-order valence-corrected chi connectivity index (χ2v) is 15.9. The van der Waals surface area contributed by atoms with Gasteiger partial charge in [0.1, 0.15) is 23.1 Å². The van der Waals surface area contributed by atoms with E-state index in [1.807, 2.05) is 102 Å². The predicted octanol–water partition coefficient (Wildman–Crippen LogP) is 8.47. The van der Waals surface area contributed by atoms with E-state index in [0.717, 1.165) is 70.5 Å². The summed E-state index contributed by atoms with van der Waals surface area (Å²) in [5.74, 6) is 2.87. The number of phenols is 2. The molecule has 4 heterocycles. The number of halogens is 1. The molecule has 0 radical (unpaired) electrons. The number of amides is 2. The first-order valence-electron chi connectivity index (χ1n) is 20.4. The number of rotatable bonds is 8. The van der Waals surface area contributed by atoms with E-state index in [2.05, 4.69) is 20.4 Å². The summed E-state index contributed by atoms with van der Waals surface area (Å²) in [6, 6.07) is 26.3. The van der Waals surface area contributed by atoms with Gasteiger partial charge in [0.25, 0.3) is 0 Å². The average molecular weight is 849 g/mol. The van der Waals surface area contributed by atoms with Crippen LogP contribution in [0.4, 0.5) is 21.2 Å². The molecular weight excluding hydrogens is 796 g/mol. The van der Waals surface area contributed by atoms with Crippen molar-refractivity contribution in [2.75, 3.05) is 36.0 Å². The molecule has 15 heteroatoms. The number of para-hydroxylation sites is 2. The summed E-state index contributed by atoms with van der Waals surface area (Å²) < 4.78 is 10.4. The molecule has 2 atom stereocenters. The van der Waals surface area contributed by atoms with Gasteiger partial charge >= 0.3 is 12.2 Å². The standard InChI is InChI=1S/2C23H26N4O3.ClH/c2*1-14(2)30-23(29)24-16-10-11-27(13-16)22-17-9-8-15(3)12-19(17)25-21(26-22)18-6-4-5-7-20(18)28;/h2*4-9,12,14,16,28H,10-11,13H2,1-3H3,(H,24,29);1H/t2*16-;/m11./s1. The Morgan fingerprint density at radius 1 is 0.623 bits per heavy atom. The van der Waals surface area contributed by atoms with Gasteiger partial charge in [0.05, 0.1) is 46.5 Å². The molecule has 0 spiro atoms. The Kier molecular flexibility index (Phi) is 14.0. The van der Waals surface area contributed by atoms with Gasteiger partial charge < -0.3 is 40.1 Å². The molecule has 4 N–H and O–H groups in total. The van der Waals surface area contributed by atoms with Crippen molar-refractivity contribution in [3.63, 3.8) is 0 Å². The zero-order chi connectivity index (χ0) is 42.5. The van der Waals surface area contributed by atoms with Crippen molar-refractivity contribution in [3.05, 3.63) is 96.1 Å². The number of benzene rings is 4. The highest BCUT2D eigenvalue weighted by molar-refractivity contribution is 5.93. The number of anilines is 2. The number of nitrogens with zero attached hydrogens (tertiary/aromatic N) is 6. The predicted molar refractivity (Wildman–Crippen MR) is 241 cm³/mol. The second kappa shape index (κ2) is 19.3. The molecule has 4 aromatic carbocycles. The summed E-state index contributed by atoms with van der Waals surface area (Å²) in [7, 11) is 0. The smallest absolute Gasteiger partial charge is 0.407 e. The van der Waals surface area contributed by atoms with E-state index < -0.39 is 12.2 Å². The van der Waals surface area contributed by atoms with Crippen LogP contribution in [0.5, 0.6) is 11.5 Å². The minimum absolute atomic E-state index is 0. The van der Waals surface area contributed by atoms with E-state index in [9.17, 15) is 19.8 Å². The number of nitrogens with one attached hydrogen (secondary N) is 2. The molecular formula is C46H53ClN8O6. The van der Waals surface area contributed by atoms with Crippen LogP contribution in [0.15, 0.2) is 84.9 Å². The lowest BCUT2D eigenvalue weighted by molar-refractivity contribution is 0.112. The van der Waals surface area contributed by atoms with Gasteiger partial charge in [0.2, 0.25) is 0 Å². The van der Waals surface area contributed by atoms with Crippen molar-refractivity contribution in [1.29, 1.82) is 0 Å². The number of hydrogen-bond acceptors (Lipinski definition) is 12. The van der Waals surface area contributed by atoms with E-state index in [0.29, 0.717) is 35.9 Å². The lowest BCUT2D eigenvalue weighted by Crippen LogP contribution is -2.38. The Morgan fingerprint density at radius 2 is 1.02 bits per heavy atom. The second-order valence-electron chi connectivity index (χ2n) is 15.9. The zero-order valence-corrected chi connectivity index (χ0v) is 36.1. The molecule has 8 rings (SSSR count). The Labute approximate surface area is 361 Å². The highest BCUT2D eigenvalue weighted by Crippen LogP contribution is 2.35. The SMILES string of the molecule is Cc1ccc2c(N3CC[C@@H](NC(=O)OC(C)C)C3)nc(-c3ccccc3O)nc2c1.Cc1ccc2c(N3CC[C@@H](NC(=O)OC(C)C)C3)nc(-c3ccccc3O)nc2c1.Cl. The molecule has 2 amide bonds. The number of ether oxygens (including phenoxy) is 2. The summed E-state index contributed by atoms with van der Waals surface area (Å²) in [5, 5.41) is 28.4. The largest absolute Gasteiger partial charge is 0.507 e. The Bertz CT molecular complexity index is 2350. The number of aryl methyl sites for hydroxylation is 2. The number of alkyl carbamates (subject to hydrolysis) is 2. The molecule has 61 heavy (non-hydrogen) atoms. The summed E-state index contributed by atoms with van der Waals surface area (Å²) in [6.45, 7) is 14.1. The van der Waals surface area contributed by atoms with Crippen molar-refractivity contribution in [3.8, 4) is 34.3 Å². The van der Waals surface area contributed by atoms with Gasteiger partial charge in [-0.3, -0.25) is 0 Å². The van der Waals surface area contributed by atoms with Crippen LogP contribution < -0.4 is 20.4 Å². The maximum atomic E-state index is 12.0. The van der Waals surface area contributed by atoms with Crippen LogP contribution in [0.1, 0.15) is 51.7 Å². The monoisotopic (exact) mass is 848 g/mol. The van der Waals surface area contributed by atoms with Crippen LogP contribution in [0.25, 0.3) is 44.6 Å². The molecule has 320 valence electrons. The third-order valence-electron chi connectivity index (χ3n) is 10.3. The normalized spacial score (nSPS) is 16.0. The van der Waals surface area contributed by atoms with E-state index in [1.54, 1.807) is 24.3 Å². The van der Waals surface area contributed by atoms with Gasteiger partial charge in [-0.1, -0.05) is 36.4 Å². The Balaban J connectivity index is 0.000000201. The highest BCUT2D eigenvalue weighted by atomic mass is 35.5. The van der Waals surface area contributed by atoms with Crippen molar-refractivity contribution < 1.29 is 29.3 Å². The van der Waals surface area contributed by atoms with Gasteiger partial charge in [-0.15, -0.1) is 12.4 Å². The number of carbonyl (C=O) groups is 2. The molecule has 2 aromatic heterocycles. The fourth-order valence-electron chi connectivity index (χ4n) is 7.46. The molecule has 2 aliphatic heterocycles. The van der Waals surface area contributed by atoms with Crippen LogP contribution in [-0.2, 0) is 9.47 Å². The summed E-state index contributed by atoms with van der Waals surface area (Å²) >= 11 is 0. The van der Waals surface area contributed by atoms with E-state index >= 15 is 0 Å². The molecule has 6 aromatic rings. The van der Waals surface area contributed by atoms with E-state index in [4.69, 9.17) is 29.4 Å². The summed E-state index contributed by atoms with van der Waals surface area (Å²) in [6.07, 6.45) is 0.507. The summed E-state index contributed by atoms with van der Waals surface area (Å²) in [4.78, 5) is 47.3. The van der Waals surface area contributed by atoms with Gasteiger partial charge in [0.15, 0.2) is 11.6 Å². The van der Waals surface area contributed by atoms with Gasteiger partial charge in [-0.05, 0) is 114 Å². The van der Waals surface area contributed by atoms with Crippen molar-refractivity contribution >= 4 is 58.0 Å². The van der Waals surface area contributed by atoms with Gasteiger partial charge in [0, 0.05) is 37.0 Å². The first kappa shape index (κ1) is 44.2. The molecule has 2 saturated heterocycles. The fourth-order valence-corrected chi connectivity index (χ4v) is 7.46. The van der Waals surface area contributed by atoms with Gasteiger partial charge in [-0.25, -0.2) is 29.5 Å². The third-order valence-corrected chi connectivity index (χ3v) is 10.3. The minimum Gasteiger partial charge on any atom is -0.507 e.